The first-order valence-electron chi connectivity index (χ1n) is 8.77. The van der Waals surface area contributed by atoms with E-state index >= 15 is 0 Å². The minimum absolute atomic E-state index is 0.115. The maximum absolute atomic E-state index is 12.3. The van der Waals surface area contributed by atoms with Gasteiger partial charge in [-0.15, -0.1) is 0 Å². The van der Waals surface area contributed by atoms with Crippen LogP contribution in [0.15, 0.2) is 77.3 Å². The second-order valence-corrected chi connectivity index (χ2v) is 6.97. The van der Waals surface area contributed by atoms with E-state index in [1.54, 1.807) is 67.8 Å². The normalized spacial score (nSPS) is 10.1. The molecule has 7 heteroatoms. The number of methoxy groups -OCH3 is 1. The predicted octanol–water partition coefficient (Wildman–Crippen LogP) is 4.73. The molecule has 0 saturated carbocycles. The average Bonchev–Trinajstić information content (AvgIpc) is 2.73. The Kier molecular flexibility index (Phi) is 6.86. The number of anilines is 2. The molecule has 0 fully saturated rings. The third kappa shape index (κ3) is 6.08. The fourth-order valence-corrected chi connectivity index (χ4v) is 2.86. The lowest BCUT2D eigenvalue weighted by molar-refractivity contribution is -0.118. The smallest absolute Gasteiger partial charge is 0.262 e. The van der Waals surface area contributed by atoms with Gasteiger partial charge in [-0.05, 0) is 66.7 Å². The van der Waals surface area contributed by atoms with Crippen LogP contribution in [0, 0.1) is 0 Å². The van der Waals surface area contributed by atoms with Crippen molar-refractivity contribution < 1.29 is 19.1 Å². The summed E-state index contributed by atoms with van der Waals surface area (Å²) in [6, 6.07) is 20.9. The Morgan fingerprint density at radius 3 is 2.17 bits per heavy atom. The number of nitrogens with one attached hydrogen (secondary N) is 2. The van der Waals surface area contributed by atoms with Crippen LogP contribution in [0.5, 0.6) is 11.5 Å². The number of rotatable bonds is 7. The number of hydrogen-bond acceptors (Lipinski definition) is 4. The Morgan fingerprint density at radius 1 is 0.862 bits per heavy atom. The van der Waals surface area contributed by atoms with Crippen LogP contribution in [0.3, 0.4) is 0 Å². The molecule has 0 unspecified atom stereocenters. The quantitative estimate of drug-likeness (QED) is 0.540. The number of ether oxygens (including phenoxy) is 2. The fourth-order valence-electron chi connectivity index (χ4n) is 2.49. The SMILES string of the molecule is COc1ccc(NC(=O)c2ccc(NC(=O)COc3cccc(Br)c3)cc2)cc1. The summed E-state index contributed by atoms with van der Waals surface area (Å²) < 4.78 is 11.4. The van der Waals surface area contributed by atoms with Crippen LogP contribution in [-0.4, -0.2) is 25.5 Å². The highest BCUT2D eigenvalue weighted by atomic mass is 79.9. The first-order chi connectivity index (χ1) is 14.0. The van der Waals surface area contributed by atoms with E-state index in [-0.39, 0.29) is 18.4 Å². The van der Waals surface area contributed by atoms with E-state index in [1.807, 2.05) is 12.1 Å². The van der Waals surface area contributed by atoms with Crippen LogP contribution in [0.4, 0.5) is 11.4 Å². The van der Waals surface area contributed by atoms with Crippen molar-refractivity contribution in [3.63, 3.8) is 0 Å². The van der Waals surface area contributed by atoms with Gasteiger partial charge in [0.15, 0.2) is 6.61 Å². The Balaban J connectivity index is 1.52. The highest BCUT2D eigenvalue weighted by Gasteiger charge is 2.08. The van der Waals surface area contributed by atoms with E-state index in [9.17, 15) is 9.59 Å². The maximum atomic E-state index is 12.3. The summed E-state index contributed by atoms with van der Waals surface area (Å²) in [5.41, 5.74) is 1.72. The molecule has 0 radical (unpaired) electrons. The number of carbonyl (C=O) groups excluding carboxylic acids is 2. The van der Waals surface area contributed by atoms with Gasteiger partial charge in [0.1, 0.15) is 11.5 Å². The van der Waals surface area contributed by atoms with E-state index in [2.05, 4.69) is 26.6 Å². The molecule has 3 aromatic rings. The molecule has 2 N–H and O–H groups in total. The lowest BCUT2D eigenvalue weighted by Gasteiger charge is -2.09. The molecule has 0 aliphatic heterocycles. The van der Waals surface area contributed by atoms with Crippen molar-refractivity contribution in [3.05, 3.63) is 82.8 Å². The van der Waals surface area contributed by atoms with Gasteiger partial charge < -0.3 is 20.1 Å². The van der Waals surface area contributed by atoms with Crippen LogP contribution < -0.4 is 20.1 Å². The highest BCUT2D eigenvalue weighted by Crippen LogP contribution is 2.18. The lowest BCUT2D eigenvalue weighted by Crippen LogP contribution is -2.20. The van der Waals surface area contributed by atoms with Gasteiger partial charge in [0.2, 0.25) is 0 Å². The number of halogens is 1. The number of amides is 2. The Morgan fingerprint density at radius 2 is 1.52 bits per heavy atom. The van der Waals surface area contributed by atoms with Gasteiger partial charge >= 0.3 is 0 Å². The summed E-state index contributed by atoms with van der Waals surface area (Å²) in [7, 11) is 1.58. The minimum atomic E-state index is -0.291. The van der Waals surface area contributed by atoms with E-state index in [1.165, 1.54) is 0 Å². The van der Waals surface area contributed by atoms with Crippen molar-refractivity contribution in [3.8, 4) is 11.5 Å². The lowest BCUT2D eigenvalue weighted by atomic mass is 10.2. The summed E-state index contributed by atoms with van der Waals surface area (Å²) in [5.74, 6) is 0.776. The first kappa shape index (κ1) is 20.4. The van der Waals surface area contributed by atoms with Crippen molar-refractivity contribution in [2.24, 2.45) is 0 Å². The molecule has 0 saturated heterocycles. The molecule has 148 valence electrons. The van der Waals surface area contributed by atoms with Gasteiger partial charge in [-0.25, -0.2) is 0 Å². The zero-order valence-corrected chi connectivity index (χ0v) is 17.2. The van der Waals surface area contributed by atoms with Crippen molar-refractivity contribution in [1.82, 2.24) is 0 Å². The summed E-state index contributed by atoms with van der Waals surface area (Å²) in [6.45, 7) is -0.115. The van der Waals surface area contributed by atoms with Gasteiger partial charge in [0.25, 0.3) is 11.8 Å². The summed E-state index contributed by atoms with van der Waals surface area (Å²) in [4.78, 5) is 24.4. The second kappa shape index (κ2) is 9.75. The summed E-state index contributed by atoms with van der Waals surface area (Å²) in [5, 5.41) is 5.54. The van der Waals surface area contributed by atoms with Crippen molar-refractivity contribution >= 4 is 39.1 Å². The molecule has 0 atom stereocenters. The molecule has 0 aliphatic rings. The third-order valence-electron chi connectivity index (χ3n) is 3.94. The Hall–Kier alpha value is -3.32. The summed E-state index contributed by atoms with van der Waals surface area (Å²) in [6.07, 6.45) is 0. The van der Waals surface area contributed by atoms with Crippen molar-refractivity contribution in [1.29, 1.82) is 0 Å². The molecular weight excluding hydrogens is 436 g/mol. The molecule has 3 aromatic carbocycles. The molecular formula is C22H19BrN2O4. The van der Waals surface area contributed by atoms with Gasteiger partial charge in [-0.1, -0.05) is 22.0 Å². The van der Waals surface area contributed by atoms with Crippen molar-refractivity contribution in [2.45, 2.75) is 0 Å². The average molecular weight is 455 g/mol. The Bertz CT molecular complexity index is 988. The number of benzene rings is 3. The number of hydrogen-bond donors (Lipinski definition) is 2. The van der Waals surface area contributed by atoms with Crippen LogP contribution >= 0.6 is 15.9 Å². The van der Waals surface area contributed by atoms with E-state index < -0.39 is 0 Å². The van der Waals surface area contributed by atoms with E-state index in [4.69, 9.17) is 9.47 Å². The molecule has 6 nitrogen and oxygen atoms in total. The first-order valence-corrected chi connectivity index (χ1v) is 9.56. The van der Waals surface area contributed by atoms with Crippen LogP contribution in [-0.2, 0) is 4.79 Å². The molecule has 0 aromatic heterocycles. The maximum Gasteiger partial charge on any atom is 0.262 e. The van der Waals surface area contributed by atoms with Gasteiger partial charge in [-0.3, -0.25) is 9.59 Å². The van der Waals surface area contributed by atoms with Crippen LogP contribution in [0.2, 0.25) is 0 Å². The molecule has 3 rings (SSSR count). The molecule has 0 bridgehead atoms. The largest absolute Gasteiger partial charge is 0.497 e. The summed E-state index contributed by atoms with van der Waals surface area (Å²) >= 11 is 3.35. The second-order valence-electron chi connectivity index (χ2n) is 6.05. The van der Waals surface area contributed by atoms with Gasteiger partial charge in [0.05, 0.1) is 7.11 Å². The number of carbonyl (C=O) groups is 2. The topological polar surface area (TPSA) is 76.7 Å². The van der Waals surface area contributed by atoms with E-state index in [0.29, 0.717) is 28.4 Å². The fraction of sp³-hybridized carbons (Fsp3) is 0.0909. The molecule has 2 amide bonds. The van der Waals surface area contributed by atoms with Crippen LogP contribution in [0.25, 0.3) is 0 Å². The third-order valence-corrected chi connectivity index (χ3v) is 4.44. The molecule has 0 heterocycles. The molecule has 0 spiro atoms. The zero-order chi connectivity index (χ0) is 20.6. The monoisotopic (exact) mass is 454 g/mol. The van der Waals surface area contributed by atoms with Gasteiger partial charge in [-0.2, -0.15) is 0 Å². The Labute approximate surface area is 177 Å². The molecule has 29 heavy (non-hydrogen) atoms. The zero-order valence-electron chi connectivity index (χ0n) is 15.6. The highest BCUT2D eigenvalue weighted by molar-refractivity contribution is 9.10. The minimum Gasteiger partial charge on any atom is -0.497 e. The van der Waals surface area contributed by atoms with Gasteiger partial charge in [0, 0.05) is 21.4 Å². The molecule has 0 aliphatic carbocycles. The van der Waals surface area contributed by atoms with E-state index in [0.717, 1.165) is 4.47 Å². The standard InChI is InChI=1S/C22H19BrN2O4/c1-28-19-11-9-18(10-12-19)25-22(27)15-5-7-17(8-6-15)24-21(26)14-29-20-4-2-3-16(23)13-20/h2-13H,14H2,1H3,(H,24,26)(H,25,27). The van der Waals surface area contributed by atoms with Crippen molar-refractivity contribution in [2.75, 3.05) is 24.4 Å². The van der Waals surface area contributed by atoms with Crippen LogP contribution in [0.1, 0.15) is 10.4 Å². The predicted molar refractivity (Wildman–Crippen MR) is 116 cm³/mol.